The van der Waals surface area contributed by atoms with Crippen molar-refractivity contribution in [3.8, 4) is 0 Å². The number of nitrogens with zero attached hydrogens (tertiary/aromatic N) is 2. The maximum absolute atomic E-state index is 5.03. The molecule has 2 saturated carbocycles. The molecule has 0 bridgehead atoms. The molecule has 0 radical (unpaired) electrons. The molecule has 0 unspecified atom stereocenters. The van der Waals surface area contributed by atoms with Crippen molar-refractivity contribution in [1.82, 2.24) is 10.3 Å². The molecule has 0 aromatic carbocycles. The van der Waals surface area contributed by atoms with E-state index in [-0.39, 0.29) is 0 Å². The second-order valence-electron chi connectivity index (χ2n) is 7.39. The molecule has 3 nitrogen and oxygen atoms in total. The zero-order chi connectivity index (χ0) is 15.0. The quantitative estimate of drug-likeness (QED) is 0.782. The van der Waals surface area contributed by atoms with Crippen molar-refractivity contribution < 1.29 is 0 Å². The van der Waals surface area contributed by atoms with Gasteiger partial charge in [-0.15, -0.1) is 11.3 Å². The standard InChI is InChI=1S/C17H29N3S/c1-11(2)10-20(14-7-8-14)17-19-16(12(3)4)15(21-17)9-18-13-5-6-13/h11-14,18H,5-10H2,1-4H3. The number of anilines is 1. The number of thiazole rings is 1. The molecule has 2 aliphatic carbocycles. The van der Waals surface area contributed by atoms with E-state index in [2.05, 4.69) is 37.9 Å². The molecular weight excluding hydrogens is 278 g/mol. The summed E-state index contributed by atoms with van der Waals surface area (Å²) in [5.41, 5.74) is 1.32. The molecule has 1 aromatic rings. The summed E-state index contributed by atoms with van der Waals surface area (Å²) in [6.45, 7) is 11.3. The maximum Gasteiger partial charge on any atom is 0.186 e. The molecule has 4 heteroatoms. The number of nitrogens with one attached hydrogen (secondary N) is 1. The Labute approximate surface area is 133 Å². The zero-order valence-electron chi connectivity index (χ0n) is 13.9. The third-order valence-corrected chi connectivity index (χ3v) is 5.30. The van der Waals surface area contributed by atoms with Crippen LogP contribution >= 0.6 is 11.3 Å². The Balaban J connectivity index is 1.77. The van der Waals surface area contributed by atoms with Gasteiger partial charge in [0.15, 0.2) is 5.13 Å². The molecule has 0 aliphatic heterocycles. The molecule has 3 rings (SSSR count). The Hall–Kier alpha value is -0.610. The highest BCUT2D eigenvalue weighted by molar-refractivity contribution is 7.15. The van der Waals surface area contributed by atoms with Gasteiger partial charge in [-0.05, 0) is 37.5 Å². The maximum atomic E-state index is 5.03. The summed E-state index contributed by atoms with van der Waals surface area (Å²) >= 11 is 1.93. The largest absolute Gasteiger partial charge is 0.345 e. The van der Waals surface area contributed by atoms with E-state index >= 15 is 0 Å². The van der Waals surface area contributed by atoms with Gasteiger partial charge in [0.25, 0.3) is 0 Å². The van der Waals surface area contributed by atoms with Crippen LogP contribution in [0.4, 0.5) is 5.13 Å². The monoisotopic (exact) mass is 307 g/mol. The molecule has 0 amide bonds. The van der Waals surface area contributed by atoms with Crippen molar-refractivity contribution in [3.63, 3.8) is 0 Å². The van der Waals surface area contributed by atoms with Crippen molar-refractivity contribution in [2.24, 2.45) is 5.92 Å². The zero-order valence-corrected chi connectivity index (χ0v) is 14.7. The van der Waals surface area contributed by atoms with E-state index in [1.54, 1.807) is 0 Å². The summed E-state index contributed by atoms with van der Waals surface area (Å²) in [7, 11) is 0. The van der Waals surface area contributed by atoms with E-state index in [0.717, 1.165) is 25.2 Å². The first kappa shape index (κ1) is 15.3. The van der Waals surface area contributed by atoms with Gasteiger partial charge in [-0.1, -0.05) is 27.7 Å². The molecule has 0 spiro atoms. The van der Waals surface area contributed by atoms with Crippen LogP contribution in [0.15, 0.2) is 0 Å². The van der Waals surface area contributed by atoms with Crippen LogP contribution in [0.1, 0.15) is 69.9 Å². The van der Waals surface area contributed by atoms with Gasteiger partial charge in [-0.3, -0.25) is 0 Å². The van der Waals surface area contributed by atoms with Crippen LogP contribution in [0.5, 0.6) is 0 Å². The Morgan fingerprint density at radius 2 is 1.90 bits per heavy atom. The van der Waals surface area contributed by atoms with E-state index < -0.39 is 0 Å². The first-order valence-electron chi connectivity index (χ1n) is 8.54. The number of hydrogen-bond acceptors (Lipinski definition) is 4. The summed E-state index contributed by atoms with van der Waals surface area (Å²) in [6, 6.07) is 1.52. The van der Waals surface area contributed by atoms with Crippen molar-refractivity contribution in [1.29, 1.82) is 0 Å². The van der Waals surface area contributed by atoms with Gasteiger partial charge in [0.2, 0.25) is 0 Å². The molecule has 1 heterocycles. The summed E-state index contributed by atoms with van der Waals surface area (Å²) < 4.78 is 0. The highest BCUT2D eigenvalue weighted by Gasteiger charge is 2.32. The van der Waals surface area contributed by atoms with Crippen LogP contribution in [0.25, 0.3) is 0 Å². The molecule has 2 aliphatic rings. The Bertz CT molecular complexity index is 472. The molecule has 118 valence electrons. The van der Waals surface area contributed by atoms with Crippen LogP contribution < -0.4 is 10.2 Å². The van der Waals surface area contributed by atoms with Gasteiger partial charge < -0.3 is 10.2 Å². The lowest BCUT2D eigenvalue weighted by molar-refractivity contribution is 0.605. The summed E-state index contributed by atoms with van der Waals surface area (Å²) in [5, 5.41) is 4.92. The van der Waals surface area contributed by atoms with Crippen LogP contribution in [-0.4, -0.2) is 23.6 Å². The van der Waals surface area contributed by atoms with Gasteiger partial charge in [0.1, 0.15) is 0 Å². The van der Waals surface area contributed by atoms with Crippen molar-refractivity contribution in [2.75, 3.05) is 11.4 Å². The van der Waals surface area contributed by atoms with Crippen molar-refractivity contribution >= 4 is 16.5 Å². The Morgan fingerprint density at radius 3 is 2.43 bits per heavy atom. The summed E-state index contributed by atoms with van der Waals surface area (Å²) in [6.07, 6.45) is 5.40. The van der Waals surface area contributed by atoms with E-state index in [9.17, 15) is 0 Å². The molecule has 0 saturated heterocycles. The van der Waals surface area contributed by atoms with Crippen LogP contribution in [0.2, 0.25) is 0 Å². The Morgan fingerprint density at radius 1 is 1.19 bits per heavy atom. The fourth-order valence-electron chi connectivity index (χ4n) is 2.74. The molecule has 1 N–H and O–H groups in total. The van der Waals surface area contributed by atoms with Gasteiger partial charge in [-0.25, -0.2) is 4.98 Å². The summed E-state index contributed by atoms with van der Waals surface area (Å²) in [4.78, 5) is 9.06. The first-order chi connectivity index (χ1) is 10.0. The van der Waals surface area contributed by atoms with Crippen molar-refractivity contribution in [2.45, 2.75) is 77.9 Å². The number of hydrogen-bond donors (Lipinski definition) is 1. The lowest BCUT2D eigenvalue weighted by atomic mass is 10.1. The van der Waals surface area contributed by atoms with Crippen LogP contribution in [0, 0.1) is 5.92 Å². The molecular formula is C17H29N3S. The highest BCUT2D eigenvalue weighted by atomic mass is 32.1. The van der Waals surface area contributed by atoms with Gasteiger partial charge >= 0.3 is 0 Å². The van der Waals surface area contributed by atoms with Crippen molar-refractivity contribution in [3.05, 3.63) is 10.6 Å². The minimum Gasteiger partial charge on any atom is -0.345 e. The topological polar surface area (TPSA) is 28.2 Å². The predicted octanol–water partition coefficient (Wildman–Crippen LogP) is 4.14. The lowest BCUT2D eigenvalue weighted by Crippen LogP contribution is -2.29. The SMILES string of the molecule is CC(C)CN(c1nc(C(C)C)c(CNC2CC2)s1)C1CC1. The molecule has 1 aromatic heterocycles. The second kappa shape index (κ2) is 6.25. The average Bonchev–Trinajstić information content (AvgIpc) is 3.31. The fraction of sp³-hybridized carbons (Fsp3) is 0.824. The summed E-state index contributed by atoms with van der Waals surface area (Å²) in [5.74, 6) is 1.22. The second-order valence-corrected chi connectivity index (χ2v) is 8.45. The number of aromatic nitrogens is 1. The van der Waals surface area contributed by atoms with Gasteiger partial charge in [0, 0.05) is 30.1 Å². The molecule has 2 fully saturated rings. The third-order valence-electron chi connectivity index (χ3n) is 4.19. The normalized spacial score (nSPS) is 18.8. The van der Waals surface area contributed by atoms with Gasteiger partial charge in [-0.2, -0.15) is 0 Å². The van der Waals surface area contributed by atoms with E-state index in [1.807, 2.05) is 11.3 Å². The van der Waals surface area contributed by atoms with E-state index in [1.165, 1.54) is 41.4 Å². The van der Waals surface area contributed by atoms with E-state index in [4.69, 9.17) is 4.98 Å². The predicted molar refractivity (Wildman–Crippen MR) is 91.3 cm³/mol. The minimum absolute atomic E-state index is 0.520. The van der Waals surface area contributed by atoms with E-state index in [0.29, 0.717) is 11.8 Å². The number of rotatable bonds is 8. The minimum atomic E-state index is 0.520. The smallest absolute Gasteiger partial charge is 0.186 e. The lowest BCUT2D eigenvalue weighted by Gasteiger charge is -2.23. The fourth-order valence-corrected chi connectivity index (χ4v) is 3.99. The average molecular weight is 308 g/mol. The van der Waals surface area contributed by atoms with Crippen LogP contribution in [-0.2, 0) is 6.54 Å². The highest BCUT2D eigenvalue weighted by Crippen LogP contribution is 2.37. The molecule has 21 heavy (non-hydrogen) atoms. The molecule has 0 atom stereocenters. The van der Waals surface area contributed by atoms with Gasteiger partial charge in [0.05, 0.1) is 5.69 Å². The first-order valence-corrected chi connectivity index (χ1v) is 9.36. The van der Waals surface area contributed by atoms with Crippen LogP contribution in [0.3, 0.4) is 0 Å². The third kappa shape index (κ3) is 3.98. The Kier molecular flexibility index (Phi) is 4.55.